The van der Waals surface area contributed by atoms with Crippen molar-refractivity contribution >= 4 is 70.0 Å². The van der Waals surface area contributed by atoms with E-state index in [4.69, 9.17) is 52.8 Å². The van der Waals surface area contributed by atoms with E-state index in [2.05, 4.69) is 10.6 Å². The summed E-state index contributed by atoms with van der Waals surface area (Å²) in [5, 5.41) is 23.3. The molecule has 0 aromatic rings. The van der Waals surface area contributed by atoms with Gasteiger partial charge in [-0.3, -0.25) is 47.9 Å². The zero-order valence-corrected chi connectivity index (χ0v) is 54.2. The van der Waals surface area contributed by atoms with Crippen molar-refractivity contribution in [2.24, 2.45) is 28.6 Å². The lowest BCUT2D eigenvalue weighted by Crippen LogP contribution is -2.29. The summed E-state index contributed by atoms with van der Waals surface area (Å²) in [5.41, 5.74) is -0.691. The van der Waals surface area contributed by atoms with Crippen LogP contribution in [0.4, 0.5) is 0 Å². The third-order valence-electron chi connectivity index (χ3n) is 12.3. The fraction of sp³-hybridized carbons (Fsp3) is 0.806. The van der Waals surface area contributed by atoms with Gasteiger partial charge in [0.15, 0.2) is 23.1 Å². The zero-order valence-electron chi connectivity index (χ0n) is 54.2. The predicted molar refractivity (Wildman–Crippen MR) is 321 cm³/mol. The molecule has 4 N–H and O–H groups in total. The maximum atomic E-state index is 11.8. The van der Waals surface area contributed by atoms with E-state index in [-0.39, 0.29) is 187 Å². The van der Waals surface area contributed by atoms with E-state index in [1.165, 1.54) is 13.8 Å². The first-order valence-electron chi connectivity index (χ1n) is 30.3. The van der Waals surface area contributed by atoms with Crippen LogP contribution in [0.3, 0.4) is 0 Å². The van der Waals surface area contributed by atoms with Gasteiger partial charge in [0.1, 0.15) is 49.6 Å². The molecule has 0 unspecified atom stereocenters. The van der Waals surface area contributed by atoms with Crippen molar-refractivity contribution in [2.75, 3.05) is 132 Å². The van der Waals surface area contributed by atoms with Crippen LogP contribution in [0.1, 0.15) is 166 Å². The quantitative estimate of drug-likeness (QED) is 0.0541. The molecule has 0 aliphatic carbocycles. The molecule has 25 nitrogen and oxygen atoms in total. The molecule has 2 atom stereocenters. The molecule has 25 heteroatoms. The smallest absolute Gasteiger partial charge is 0.306 e. The van der Waals surface area contributed by atoms with E-state index < -0.39 is 29.2 Å². The summed E-state index contributed by atoms with van der Waals surface area (Å²) < 4.78 is 47.7. The molecule has 0 aliphatic heterocycles. The average Bonchev–Trinajstić information content (AvgIpc) is 3.60. The predicted octanol–water partition coefficient (Wildman–Crippen LogP) is 5.56. The second-order valence-electron chi connectivity index (χ2n) is 22.9. The Morgan fingerprint density at radius 2 is 0.724 bits per heavy atom. The van der Waals surface area contributed by atoms with Gasteiger partial charge in [0, 0.05) is 107 Å². The molecule has 0 spiro atoms. The van der Waals surface area contributed by atoms with Gasteiger partial charge in [0.25, 0.3) is 0 Å². The Morgan fingerprint density at radius 3 is 1.07 bits per heavy atom. The highest BCUT2D eigenvalue weighted by Crippen LogP contribution is 2.17. The SMILES string of the molecule is CC(=O)C[C@@H](CCC(=O)NCCOCCOCC(=O)CCCOCCOCC(=O)C(C)(C)C)C(=O)O.CC(=O)C[C@@H](CCC(=O)NCCOCCOCC(=O)CCCOCCOCC(=O)C(C)C)C(=O)O.CCC(=O)CCCOCCC(=O)C(C)(C)C. The topological polar surface area (TPSA) is 352 Å². The van der Waals surface area contributed by atoms with Crippen molar-refractivity contribution in [3.05, 3.63) is 0 Å². The van der Waals surface area contributed by atoms with Gasteiger partial charge >= 0.3 is 11.9 Å². The van der Waals surface area contributed by atoms with Crippen molar-refractivity contribution in [3.8, 4) is 0 Å². The number of hydrogen-bond acceptors (Lipinski definition) is 21. The second-order valence-corrected chi connectivity index (χ2v) is 22.9. The van der Waals surface area contributed by atoms with Crippen molar-refractivity contribution < 1.29 is 110 Å². The Morgan fingerprint density at radius 1 is 0.391 bits per heavy atom. The number of carboxylic acids is 2. The molecule has 0 aromatic carbocycles. The van der Waals surface area contributed by atoms with Crippen LogP contribution in [0.5, 0.6) is 0 Å². The summed E-state index contributed by atoms with van der Waals surface area (Å²) in [7, 11) is 0. The molecule has 0 saturated heterocycles. The minimum Gasteiger partial charge on any atom is -0.481 e. The summed E-state index contributed by atoms with van der Waals surface area (Å²) in [6.07, 6.45) is 4.31. The zero-order chi connectivity index (χ0) is 66.5. The number of aliphatic carboxylic acids is 2. The van der Waals surface area contributed by atoms with E-state index in [0.29, 0.717) is 97.8 Å². The molecule has 0 radical (unpaired) electrons. The largest absolute Gasteiger partial charge is 0.481 e. The number of ketones is 8. The third kappa shape index (κ3) is 59.6. The molecular formula is C62H108N2O23. The highest BCUT2D eigenvalue weighted by molar-refractivity contribution is 5.86. The summed E-state index contributed by atoms with van der Waals surface area (Å²) in [6, 6.07) is 0. The van der Waals surface area contributed by atoms with Crippen LogP contribution in [-0.4, -0.2) is 212 Å². The summed E-state index contributed by atoms with van der Waals surface area (Å²) >= 11 is 0. The second kappa shape index (κ2) is 55.0. The summed E-state index contributed by atoms with van der Waals surface area (Å²) in [6.45, 7) is 24.9. The number of hydrogen-bond donors (Lipinski definition) is 4. The monoisotopic (exact) mass is 1250 g/mol. The van der Waals surface area contributed by atoms with Crippen molar-refractivity contribution in [1.29, 1.82) is 0 Å². The van der Waals surface area contributed by atoms with Gasteiger partial charge in [0.2, 0.25) is 11.8 Å². The molecule has 2 amide bonds. The van der Waals surface area contributed by atoms with Crippen molar-refractivity contribution in [3.63, 3.8) is 0 Å². The summed E-state index contributed by atoms with van der Waals surface area (Å²) in [4.78, 5) is 137. The van der Waals surface area contributed by atoms with Crippen molar-refractivity contribution in [1.82, 2.24) is 10.6 Å². The minimum atomic E-state index is -1.08. The highest BCUT2D eigenvalue weighted by Gasteiger charge is 2.23. The fourth-order valence-electron chi connectivity index (χ4n) is 6.68. The Balaban J connectivity index is -0.00000130. The molecule has 0 aromatic heterocycles. The van der Waals surface area contributed by atoms with Gasteiger partial charge in [-0.2, -0.15) is 0 Å². The third-order valence-corrected chi connectivity index (χ3v) is 12.3. The van der Waals surface area contributed by atoms with E-state index in [1.54, 1.807) is 0 Å². The first-order valence-corrected chi connectivity index (χ1v) is 30.3. The molecule has 0 bridgehead atoms. The molecular weight excluding hydrogens is 1140 g/mol. The number of Topliss-reactive ketones (excluding diaryl/α,β-unsaturated/α-hetero) is 8. The number of nitrogens with one attached hydrogen (secondary N) is 2. The normalized spacial score (nSPS) is 12.0. The van der Waals surface area contributed by atoms with Crippen LogP contribution in [0.25, 0.3) is 0 Å². The molecule has 0 fully saturated rings. The molecule has 504 valence electrons. The maximum absolute atomic E-state index is 11.8. The van der Waals surface area contributed by atoms with Crippen LogP contribution < -0.4 is 10.6 Å². The van der Waals surface area contributed by atoms with Gasteiger partial charge in [-0.1, -0.05) is 62.3 Å². The lowest BCUT2D eigenvalue weighted by atomic mass is 9.89. The lowest BCUT2D eigenvalue weighted by Gasteiger charge is -2.16. The number of carbonyl (C=O) groups excluding carboxylic acids is 10. The van der Waals surface area contributed by atoms with Crippen molar-refractivity contribution in [2.45, 2.75) is 166 Å². The van der Waals surface area contributed by atoms with E-state index in [9.17, 15) is 57.5 Å². The molecule has 87 heavy (non-hydrogen) atoms. The first-order chi connectivity index (χ1) is 40.9. The van der Waals surface area contributed by atoms with Crippen LogP contribution in [-0.2, 0) is 100 Å². The fourth-order valence-corrected chi connectivity index (χ4v) is 6.68. The average molecular weight is 1250 g/mol. The Bertz CT molecular complexity index is 1980. The van der Waals surface area contributed by atoms with Gasteiger partial charge < -0.3 is 73.1 Å². The van der Waals surface area contributed by atoms with Gasteiger partial charge in [-0.25, -0.2) is 0 Å². The lowest BCUT2D eigenvalue weighted by molar-refractivity contribution is -0.144. The standard InChI is InChI=1S/C25H43NO10.C24H41NO10.C13H24O3/c1-19(27)16-20(24(31)32)7-8-23(30)26-9-11-34-13-14-35-17-21(28)6-5-10-33-12-15-36-18-22(29)25(2,3)4;1-18(2)22(28)17-35-14-11-32-9-4-5-21(27)16-34-13-12-33-10-8-25-23(29)7-6-20(24(30)31)15-19(3)26;1-5-11(14)7-6-9-16-10-8-12(15)13(2,3)4/h20H,5-18H2,1-4H3,(H,26,30)(H,31,32);18,20H,4-17H2,1-3H3,(H,25,29)(H,30,31);5-10H2,1-4H3/t2*20-;/m11./s1. The van der Waals surface area contributed by atoms with Gasteiger partial charge in [-0.15, -0.1) is 0 Å². The van der Waals surface area contributed by atoms with E-state index in [1.807, 2.05) is 62.3 Å². The highest BCUT2D eigenvalue weighted by atomic mass is 16.5. The van der Waals surface area contributed by atoms with E-state index in [0.717, 1.165) is 6.42 Å². The summed E-state index contributed by atoms with van der Waals surface area (Å²) in [5.74, 6) is -4.46. The Labute approximate surface area is 516 Å². The van der Waals surface area contributed by atoms with Crippen LogP contribution in [0, 0.1) is 28.6 Å². The van der Waals surface area contributed by atoms with Crippen LogP contribution >= 0.6 is 0 Å². The number of ether oxygens (including phenoxy) is 9. The molecule has 0 aliphatic rings. The molecule has 0 heterocycles. The molecule has 0 rings (SSSR count). The minimum absolute atomic E-state index is 0.00841. The Hall–Kier alpha value is -5.12. The number of amides is 2. The number of carboxylic acid groups (broad SMARTS) is 2. The first kappa shape index (κ1) is 86.1. The van der Waals surface area contributed by atoms with E-state index >= 15 is 0 Å². The number of carbonyl (C=O) groups is 12. The van der Waals surface area contributed by atoms with Crippen LogP contribution in [0.2, 0.25) is 0 Å². The van der Waals surface area contributed by atoms with Gasteiger partial charge in [0.05, 0.1) is 84.5 Å². The Kier molecular flexibility index (Phi) is 54.4. The molecule has 0 saturated carbocycles. The number of rotatable bonds is 55. The van der Waals surface area contributed by atoms with Gasteiger partial charge in [-0.05, 0) is 46.0 Å². The maximum Gasteiger partial charge on any atom is 0.306 e. The van der Waals surface area contributed by atoms with Crippen LogP contribution in [0.15, 0.2) is 0 Å².